The molecule has 0 heterocycles. The lowest BCUT2D eigenvalue weighted by Gasteiger charge is -2.28. The lowest BCUT2D eigenvalue weighted by Crippen LogP contribution is -2.37. The van der Waals surface area contributed by atoms with E-state index in [9.17, 15) is 28.9 Å². The number of ketones is 1. The lowest BCUT2D eigenvalue weighted by atomic mass is 9.90. The Bertz CT molecular complexity index is 1200. The van der Waals surface area contributed by atoms with Crippen molar-refractivity contribution >= 4 is 25.5 Å². The van der Waals surface area contributed by atoms with Crippen molar-refractivity contribution in [3.63, 3.8) is 0 Å². The molecule has 0 fully saturated rings. The zero-order chi connectivity index (χ0) is 41.5. The number of hydrogen-bond donors (Lipinski definition) is 1. The molecule has 0 saturated heterocycles. The van der Waals surface area contributed by atoms with Crippen LogP contribution in [0.3, 0.4) is 0 Å². The van der Waals surface area contributed by atoms with Gasteiger partial charge in [-0.3, -0.25) is 18.9 Å². The van der Waals surface area contributed by atoms with Crippen molar-refractivity contribution in [2.24, 2.45) is 11.8 Å². The molecule has 11 nitrogen and oxygen atoms in total. The van der Waals surface area contributed by atoms with E-state index in [1.807, 2.05) is 45.4 Å². The summed E-state index contributed by atoms with van der Waals surface area (Å²) in [7, 11) is 1.04. The molecule has 0 radical (unpaired) electrons. The minimum absolute atomic E-state index is 0.0179. The van der Waals surface area contributed by atoms with Crippen LogP contribution in [0.5, 0.6) is 0 Å². The fraction of sp³-hybridized carbons (Fsp3) is 0.795. The number of phosphoric ester groups is 1. The molecule has 0 aromatic carbocycles. The average Bonchev–Trinajstić information content (AvgIpc) is 3.49. The summed E-state index contributed by atoms with van der Waals surface area (Å²) in [6.07, 6.45) is 30.8. The zero-order valence-corrected chi connectivity index (χ0v) is 36.6. The molecule has 0 aliphatic heterocycles. The van der Waals surface area contributed by atoms with Gasteiger partial charge in [-0.15, -0.1) is 0 Å². The Labute approximate surface area is 339 Å². The third-order valence-corrected chi connectivity index (χ3v) is 10.9. The first-order valence-electron chi connectivity index (χ1n) is 21.8. The minimum atomic E-state index is -4.68. The van der Waals surface area contributed by atoms with E-state index in [0.29, 0.717) is 43.1 Å². The van der Waals surface area contributed by atoms with Gasteiger partial charge < -0.3 is 33.0 Å². The zero-order valence-electron chi connectivity index (χ0n) is 35.7. The number of aliphatic hydroxyl groups excluding tert-OH is 1. The van der Waals surface area contributed by atoms with Gasteiger partial charge in [0.2, 0.25) is 0 Å². The first kappa shape index (κ1) is 51.9. The second-order valence-electron chi connectivity index (χ2n) is 16.4. The molecule has 0 aromatic heterocycles. The van der Waals surface area contributed by atoms with Crippen LogP contribution >= 0.6 is 7.82 Å². The Kier molecular flexibility index (Phi) is 29.5. The van der Waals surface area contributed by atoms with E-state index in [2.05, 4.69) is 13.8 Å². The average molecular weight is 812 g/mol. The van der Waals surface area contributed by atoms with Crippen molar-refractivity contribution in [3.8, 4) is 0 Å². The SMILES string of the molecule is CCCCCCCCCCCCCCCC(=O)OC[C@H](COP(=O)([O-])OCC[N+](C)(C)C)OC(=O)CCC/C=C\CC1C=CC(=O)C1/C=C/C(O)CCCCC. The van der Waals surface area contributed by atoms with E-state index in [1.54, 1.807) is 12.2 Å². The molecule has 1 N–H and O–H groups in total. The molecule has 56 heavy (non-hydrogen) atoms. The second-order valence-corrected chi connectivity index (χ2v) is 17.8. The van der Waals surface area contributed by atoms with Gasteiger partial charge in [-0.1, -0.05) is 141 Å². The Morgan fingerprint density at radius 2 is 1.41 bits per heavy atom. The number of phosphoric acid groups is 1. The molecule has 4 unspecified atom stereocenters. The largest absolute Gasteiger partial charge is 0.756 e. The van der Waals surface area contributed by atoms with Crippen LogP contribution in [0.25, 0.3) is 0 Å². The highest BCUT2D eigenvalue weighted by Crippen LogP contribution is 2.38. The number of nitrogens with zero attached hydrogens (tertiary/aromatic N) is 1. The second kappa shape index (κ2) is 31.8. The van der Waals surface area contributed by atoms with Gasteiger partial charge in [-0.05, 0) is 44.1 Å². The lowest BCUT2D eigenvalue weighted by molar-refractivity contribution is -0.870. The van der Waals surface area contributed by atoms with Crippen LogP contribution < -0.4 is 4.89 Å². The number of likely N-dealkylation sites (N-methyl/N-ethyl adjacent to an activating group) is 1. The molecule has 0 spiro atoms. The summed E-state index contributed by atoms with van der Waals surface area (Å²) in [4.78, 5) is 50.0. The van der Waals surface area contributed by atoms with Crippen molar-refractivity contribution < 1.29 is 52.0 Å². The Morgan fingerprint density at radius 1 is 0.821 bits per heavy atom. The molecule has 0 saturated carbocycles. The van der Waals surface area contributed by atoms with Crippen molar-refractivity contribution in [3.05, 3.63) is 36.5 Å². The molecule has 1 aliphatic rings. The van der Waals surface area contributed by atoms with Crippen LogP contribution in [0.15, 0.2) is 36.5 Å². The molecule has 12 heteroatoms. The van der Waals surface area contributed by atoms with E-state index >= 15 is 0 Å². The number of hydrogen-bond acceptors (Lipinski definition) is 10. The van der Waals surface area contributed by atoms with Crippen LogP contribution in [-0.2, 0) is 37.5 Å². The maximum absolute atomic E-state index is 12.7. The first-order valence-corrected chi connectivity index (χ1v) is 23.2. The van der Waals surface area contributed by atoms with Gasteiger partial charge in [0.05, 0.1) is 33.9 Å². The molecule has 1 aliphatic carbocycles. The van der Waals surface area contributed by atoms with Crippen LogP contribution in [0.1, 0.15) is 155 Å². The van der Waals surface area contributed by atoms with Crippen LogP contribution in [0, 0.1) is 11.8 Å². The van der Waals surface area contributed by atoms with Crippen molar-refractivity contribution in [1.82, 2.24) is 0 Å². The number of ether oxygens (including phenoxy) is 2. The molecular formula is C44H78NO10P. The summed E-state index contributed by atoms with van der Waals surface area (Å²) < 4.78 is 33.8. The van der Waals surface area contributed by atoms with Crippen molar-refractivity contribution in [2.45, 2.75) is 167 Å². The van der Waals surface area contributed by atoms with Gasteiger partial charge in [-0.25, -0.2) is 0 Å². The summed E-state index contributed by atoms with van der Waals surface area (Å²) in [5.74, 6) is -1.22. The van der Waals surface area contributed by atoms with Crippen molar-refractivity contribution in [1.29, 1.82) is 0 Å². The van der Waals surface area contributed by atoms with Crippen molar-refractivity contribution in [2.75, 3.05) is 47.5 Å². The minimum Gasteiger partial charge on any atom is -0.756 e. The van der Waals surface area contributed by atoms with Gasteiger partial charge in [-0.2, -0.15) is 0 Å². The number of allylic oxidation sites excluding steroid dienone is 5. The highest BCUT2D eigenvalue weighted by atomic mass is 31.2. The Morgan fingerprint density at radius 3 is 2.04 bits per heavy atom. The van der Waals surface area contributed by atoms with Crippen LogP contribution in [0.4, 0.5) is 0 Å². The molecular weight excluding hydrogens is 733 g/mol. The molecule has 1 rings (SSSR count). The number of unbranched alkanes of at least 4 members (excludes halogenated alkanes) is 15. The van der Waals surface area contributed by atoms with Gasteiger partial charge in [0.15, 0.2) is 11.9 Å². The quantitative estimate of drug-likeness (QED) is 0.0214. The van der Waals surface area contributed by atoms with Crippen LogP contribution in [0.2, 0.25) is 0 Å². The third kappa shape index (κ3) is 29.1. The number of carbonyl (C=O) groups excluding carboxylic acids is 3. The summed E-state index contributed by atoms with van der Waals surface area (Å²) in [5, 5.41) is 10.2. The number of aliphatic hydroxyl groups is 1. The maximum Gasteiger partial charge on any atom is 0.306 e. The van der Waals surface area contributed by atoms with Gasteiger partial charge in [0, 0.05) is 18.8 Å². The topological polar surface area (TPSA) is 148 Å². The highest BCUT2D eigenvalue weighted by Gasteiger charge is 2.27. The standard InChI is InChI=1S/C44H78NO10P/c1-6-8-10-11-12-13-14-15-16-17-18-19-24-28-43(48)52-36-40(37-54-56(50,51)53-35-34-45(3,4)5)55-44(49)29-25-21-20-23-26-38-30-33-42(47)41(38)32-31-39(46)27-22-9-7-2/h20,23,30-33,38-41,46H,6-19,21-22,24-29,34-37H2,1-5H3/b23-20-,32-31+/t38?,39?,40-,41?/m1/s1. The normalized spacial score (nSPS) is 18.2. The van der Waals surface area contributed by atoms with Gasteiger partial charge in [0.25, 0.3) is 7.82 Å². The summed E-state index contributed by atoms with van der Waals surface area (Å²) in [6.45, 7) is 3.89. The Hall–Kier alpha value is -2.14. The van der Waals surface area contributed by atoms with Crippen LogP contribution in [-0.4, -0.2) is 87.0 Å². The van der Waals surface area contributed by atoms with E-state index in [-0.39, 0.29) is 43.7 Å². The predicted molar refractivity (Wildman–Crippen MR) is 222 cm³/mol. The van der Waals surface area contributed by atoms with Gasteiger partial charge >= 0.3 is 11.9 Å². The molecule has 0 aromatic rings. The fourth-order valence-electron chi connectivity index (χ4n) is 6.35. The predicted octanol–water partition coefficient (Wildman–Crippen LogP) is 9.12. The monoisotopic (exact) mass is 812 g/mol. The number of rotatable bonds is 36. The summed E-state index contributed by atoms with van der Waals surface area (Å²) >= 11 is 0. The highest BCUT2D eigenvalue weighted by molar-refractivity contribution is 7.45. The Balaban J connectivity index is 2.49. The van der Waals surface area contributed by atoms with E-state index in [0.717, 1.165) is 38.5 Å². The number of carbonyl (C=O) groups is 3. The molecule has 324 valence electrons. The molecule has 5 atom stereocenters. The maximum atomic E-state index is 12.7. The molecule has 0 bridgehead atoms. The molecule has 0 amide bonds. The first-order chi connectivity index (χ1) is 26.8. The van der Waals surface area contributed by atoms with Gasteiger partial charge in [0.1, 0.15) is 19.8 Å². The van der Waals surface area contributed by atoms with E-state index in [4.69, 9.17) is 18.5 Å². The number of quaternary nitrogens is 1. The summed E-state index contributed by atoms with van der Waals surface area (Å²) in [5.41, 5.74) is 0. The fourth-order valence-corrected chi connectivity index (χ4v) is 7.08. The smallest absolute Gasteiger partial charge is 0.306 e. The third-order valence-electron chi connectivity index (χ3n) is 9.91. The summed E-state index contributed by atoms with van der Waals surface area (Å²) in [6, 6.07) is 0. The van der Waals surface area contributed by atoms with E-state index in [1.165, 1.54) is 57.8 Å². The van der Waals surface area contributed by atoms with E-state index < -0.39 is 38.6 Å². The number of esters is 2.